The van der Waals surface area contributed by atoms with Crippen LogP contribution in [0.2, 0.25) is 0 Å². The van der Waals surface area contributed by atoms with Gasteiger partial charge in [-0.25, -0.2) is 4.79 Å². The molecule has 0 fully saturated rings. The number of hydrogen-bond acceptors (Lipinski definition) is 16. The van der Waals surface area contributed by atoms with Crippen molar-refractivity contribution in [3.8, 4) is 5.75 Å². The van der Waals surface area contributed by atoms with Crippen LogP contribution in [0.1, 0.15) is 84.6 Å². The minimum atomic E-state index is -1.59. The Labute approximate surface area is 435 Å². The lowest BCUT2D eigenvalue weighted by Crippen LogP contribution is -2.59. The van der Waals surface area contributed by atoms with E-state index in [-0.39, 0.29) is 56.3 Å². The van der Waals surface area contributed by atoms with Crippen LogP contribution in [0.15, 0.2) is 24.3 Å². The lowest BCUT2D eigenvalue weighted by molar-refractivity contribution is -0.143. The van der Waals surface area contributed by atoms with Gasteiger partial charge in [0, 0.05) is 25.8 Å². The second-order valence-electron chi connectivity index (χ2n) is 17.8. The van der Waals surface area contributed by atoms with E-state index in [1.807, 2.05) is 0 Å². The SMILES string of the molecule is CC(C)C[C@H](NC(=O)[C@H](CCCNC(=N)N)NC(=O)[C@H](C)NC(=O)CNC(=O)CNC(=O)[C@H](CC(N)=O)NC(=O)[C@@H](N)CCC(=O)O)C(=O)N[C@@H](C)C(=O)N[C@@H](CCC(=O)O)C(=O)N[C@@H](Cc1ccc(O)cc1)C(=O)O. The Hall–Kier alpha value is -8.64. The molecule has 0 radical (unpaired) electrons. The highest BCUT2D eigenvalue weighted by Gasteiger charge is 2.33. The molecule has 1 aromatic rings. The lowest BCUT2D eigenvalue weighted by Gasteiger charge is -2.27. The van der Waals surface area contributed by atoms with Crippen molar-refractivity contribution in [2.24, 2.45) is 23.1 Å². The summed E-state index contributed by atoms with van der Waals surface area (Å²) in [7, 11) is 0. The van der Waals surface area contributed by atoms with Gasteiger partial charge in [0.15, 0.2) is 5.96 Å². The van der Waals surface area contributed by atoms with Crippen molar-refractivity contribution in [2.45, 2.75) is 134 Å². The Kier molecular flexibility index (Phi) is 28.6. The van der Waals surface area contributed by atoms with E-state index >= 15 is 0 Å². The average Bonchev–Trinajstić information content (AvgIpc) is 3.32. The number of aliphatic carboxylic acids is 3. The van der Waals surface area contributed by atoms with Gasteiger partial charge in [-0.1, -0.05) is 26.0 Å². The molecule has 1 rings (SSSR count). The number of amides is 10. The highest BCUT2D eigenvalue weighted by atomic mass is 16.4. The van der Waals surface area contributed by atoms with Gasteiger partial charge in [0.25, 0.3) is 0 Å². The zero-order valence-electron chi connectivity index (χ0n) is 42.3. The highest BCUT2D eigenvalue weighted by Crippen LogP contribution is 2.13. The number of phenols is 1. The molecule has 21 N–H and O–H groups in total. The Balaban J connectivity index is 3.05. The van der Waals surface area contributed by atoms with Crippen LogP contribution in [0.4, 0.5) is 0 Å². The van der Waals surface area contributed by atoms with Gasteiger partial charge in [0.2, 0.25) is 59.1 Å². The molecule has 0 bridgehead atoms. The number of nitrogens with two attached hydrogens (primary N) is 3. The summed E-state index contributed by atoms with van der Waals surface area (Å²) < 4.78 is 0. The number of hydrogen-bond donors (Lipinski definition) is 18. The van der Waals surface area contributed by atoms with E-state index in [9.17, 15) is 77.6 Å². The van der Waals surface area contributed by atoms with Gasteiger partial charge in [0.1, 0.15) is 48.0 Å². The van der Waals surface area contributed by atoms with Crippen LogP contribution < -0.4 is 70.4 Å². The standard InChI is InChI=1S/C45H70N14O17/c1-21(2)16-29(43(74)54-23(4)38(69)56-28(12-14-36(66)67)42(73)59-31(44(75)76)17-24-7-9-25(60)10-8-24)58-41(72)27(6-5-15-50-45(48)49)55-37(68)22(3)53-34(63)20-51-33(62)19-52-40(71)30(18-32(47)61)57-39(70)26(46)11-13-35(64)65/h7-10,21-23,26-31,60H,5-6,11-20,46H2,1-4H3,(H2,47,61)(H,51,62)(H,52,71)(H,53,63)(H,54,74)(H,55,68)(H,56,69)(H,57,70)(H,58,72)(H,59,73)(H,64,65)(H,66,67)(H,75,76)(H4,48,49,50)/t22-,23-,26-,27-,28-,29-,30-,31-/m0/s1. The number of benzene rings is 1. The fourth-order valence-corrected chi connectivity index (χ4v) is 6.61. The molecule has 422 valence electrons. The fourth-order valence-electron chi connectivity index (χ4n) is 6.61. The minimum Gasteiger partial charge on any atom is -0.508 e. The maximum Gasteiger partial charge on any atom is 0.326 e. The number of carbonyl (C=O) groups is 13. The molecular weight excluding hydrogens is 1010 g/mol. The van der Waals surface area contributed by atoms with Crippen LogP contribution in [0, 0.1) is 11.3 Å². The van der Waals surface area contributed by atoms with E-state index in [1.165, 1.54) is 38.1 Å². The zero-order valence-corrected chi connectivity index (χ0v) is 42.3. The van der Waals surface area contributed by atoms with Crippen molar-refractivity contribution in [2.75, 3.05) is 19.6 Å². The number of phenolic OH excluding ortho intramolecular Hbond substituents is 1. The zero-order chi connectivity index (χ0) is 57.8. The summed E-state index contributed by atoms with van der Waals surface area (Å²) in [5.41, 5.74) is 16.6. The van der Waals surface area contributed by atoms with Gasteiger partial charge in [-0.3, -0.25) is 62.9 Å². The molecule has 0 saturated heterocycles. The van der Waals surface area contributed by atoms with Gasteiger partial charge >= 0.3 is 17.9 Å². The first-order valence-corrected chi connectivity index (χ1v) is 23.7. The summed E-state index contributed by atoms with van der Waals surface area (Å²) in [6, 6.07) is -6.16. The Morgan fingerprint density at radius 2 is 1.03 bits per heavy atom. The van der Waals surface area contributed by atoms with Gasteiger partial charge in [0.05, 0.1) is 25.6 Å². The number of aromatic hydroxyl groups is 1. The Bertz CT molecular complexity index is 2260. The number of carbonyl (C=O) groups excluding carboxylic acids is 10. The summed E-state index contributed by atoms with van der Waals surface area (Å²) in [6.07, 6.45) is -2.83. The third kappa shape index (κ3) is 26.9. The second kappa shape index (κ2) is 33.2. The van der Waals surface area contributed by atoms with Crippen molar-refractivity contribution in [1.29, 1.82) is 5.41 Å². The van der Waals surface area contributed by atoms with E-state index in [0.29, 0.717) is 5.56 Å². The lowest BCUT2D eigenvalue weighted by atomic mass is 10.0. The molecular formula is C45H70N14O17. The van der Waals surface area contributed by atoms with E-state index in [0.717, 1.165) is 0 Å². The molecule has 8 atom stereocenters. The number of carboxylic acid groups (broad SMARTS) is 3. The average molecular weight is 1080 g/mol. The molecule has 0 aromatic heterocycles. The largest absolute Gasteiger partial charge is 0.508 e. The summed E-state index contributed by atoms with van der Waals surface area (Å²) in [4.78, 5) is 164. The van der Waals surface area contributed by atoms with Crippen LogP contribution in [-0.4, -0.2) is 171 Å². The molecule has 76 heavy (non-hydrogen) atoms. The quantitative estimate of drug-likeness (QED) is 0.0171. The first-order chi connectivity index (χ1) is 35.5. The van der Waals surface area contributed by atoms with Crippen LogP contribution in [0.25, 0.3) is 0 Å². The summed E-state index contributed by atoms with van der Waals surface area (Å²) in [5.74, 6) is -14.4. The van der Waals surface area contributed by atoms with E-state index in [4.69, 9.17) is 27.7 Å². The summed E-state index contributed by atoms with van der Waals surface area (Å²) >= 11 is 0. The molecule has 0 aliphatic heterocycles. The smallest absolute Gasteiger partial charge is 0.326 e. The predicted octanol–water partition coefficient (Wildman–Crippen LogP) is -6.07. The molecule has 0 heterocycles. The number of rotatable bonds is 35. The van der Waals surface area contributed by atoms with Crippen LogP contribution in [-0.2, 0) is 68.7 Å². The van der Waals surface area contributed by atoms with Gasteiger partial charge in [-0.2, -0.15) is 0 Å². The number of guanidine groups is 1. The molecule has 0 unspecified atom stereocenters. The van der Waals surface area contributed by atoms with Crippen LogP contribution in [0.3, 0.4) is 0 Å². The summed E-state index contributed by atoms with van der Waals surface area (Å²) in [5, 5.41) is 68.3. The third-order valence-corrected chi connectivity index (χ3v) is 10.7. The molecule has 0 aliphatic carbocycles. The first-order valence-electron chi connectivity index (χ1n) is 23.7. The summed E-state index contributed by atoms with van der Waals surface area (Å²) in [6.45, 7) is 4.45. The second-order valence-corrected chi connectivity index (χ2v) is 17.8. The monoisotopic (exact) mass is 1080 g/mol. The van der Waals surface area contributed by atoms with Crippen LogP contribution in [0.5, 0.6) is 5.75 Å². The minimum absolute atomic E-state index is 0.0169. The molecule has 0 spiro atoms. The van der Waals surface area contributed by atoms with Crippen LogP contribution >= 0.6 is 0 Å². The molecule has 31 heteroatoms. The molecule has 31 nitrogen and oxygen atoms in total. The van der Waals surface area contributed by atoms with E-state index in [2.05, 4.69) is 53.2 Å². The maximum absolute atomic E-state index is 13.8. The number of primary amides is 1. The highest BCUT2D eigenvalue weighted by molar-refractivity contribution is 5.98. The Morgan fingerprint density at radius 1 is 0.539 bits per heavy atom. The predicted molar refractivity (Wildman–Crippen MR) is 264 cm³/mol. The van der Waals surface area contributed by atoms with Gasteiger partial charge in [-0.05, 0) is 69.6 Å². The maximum atomic E-state index is 13.8. The van der Waals surface area contributed by atoms with Crippen molar-refractivity contribution in [3.05, 3.63) is 29.8 Å². The molecule has 0 aliphatic rings. The van der Waals surface area contributed by atoms with E-state index in [1.54, 1.807) is 13.8 Å². The topological polar surface area (TPSA) is 525 Å². The van der Waals surface area contributed by atoms with Crippen molar-refractivity contribution < 1.29 is 82.8 Å². The van der Waals surface area contributed by atoms with Gasteiger partial charge < -0.3 is 90.8 Å². The number of nitrogens with one attached hydrogen (secondary N) is 11. The van der Waals surface area contributed by atoms with Gasteiger partial charge in [-0.15, -0.1) is 0 Å². The van der Waals surface area contributed by atoms with Crippen molar-refractivity contribution >= 4 is 82.9 Å². The normalized spacial score (nSPS) is 13.9. The molecule has 1 aromatic carbocycles. The number of carboxylic acids is 3. The molecule has 0 saturated carbocycles. The van der Waals surface area contributed by atoms with Crippen molar-refractivity contribution in [1.82, 2.24) is 53.2 Å². The Morgan fingerprint density at radius 3 is 1.55 bits per heavy atom. The molecule has 10 amide bonds. The van der Waals surface area contributed by atoms with Crippen molar-refractivity contribution in [3.63, 3.8) is 0 Å². The van der Waals surface area contributed by atoms with E-state index < -0.39 is 164 Å². The first kappa shape index (κ1) is 65.4. The fraction of sp³-hybridized carbons (Fsp3) is 0.556. The third-order valence-electron chi connectivity index (χ3n) is 10.7.